The Hall–Kier alpha value is -1.23. The van der Waals surface area contributed by atoms with Gasteiger partial charge in [-0.25, -0.2) is 0 Å². The Bertz CT molecular complexity index is 676. The molecule has 0 aliphatic heterocycles. The van der Waals surface area contributed by atoms with Crippen molar-refractivity contribution in [2.75, 3.05) is 17.7 Å². The number of rotatable bonds is 2. The highest BCUT2D eigenvalue weighted by Crippen LogP contribution is 2.30. The SMILES string of the molecule is CN(C(=O)c1cccc(Br)c1Cl)c1cc(Cl)ccc1N. The Balaban J connectivity index is 2.43. The Kier molecular flexibility index (Phi) is 4.58. The number of hydrogen-bond acceptors (Lipinski definition) is 2. The van der Waals surface area contributed by atoms with Crippen molar-refractivity contribution in [3.05, 3.63) is 56.5 Å². The smallest absolute Gasteiger partial charge is 0.259 e. The Morgan fingerprint density at radius 1 is 1.25 bits per heavy atom. The van der Waals surface area contributed by atoms with Crippen LogP contribution in [-0.2, 0) is 0 Å². The number of halogens is 3. The van der Waals surface area contributed by atoms with E-state index in [4.69, 9.17) is 28.9 Å². The molecule has 104 valence electrons. The first-order valence-corrected chi connectivity index (χ1v) is 7.24. The van der Waals surface area contributed by atoms with Crippen molar-refractivity contribution in [2.24, 2.45) is 0 Å². The second kappa shape index (κ2) is 6.04. The van der Waals surface area contributed by atoms with Gasteiger partial charge in [0.2, 0.25) is 0 Å². The maximum Gasteiger partial charge on any atom is 0.259 e. The molecule has 6 heteroatoms. The summed E-state index contributed by atoms with van der Waals surface area (Å²) in [6.07, 6.45) is 0. The van der Waals surface area contributed by atoms with E-state index >= 15 is 0 Å². The average molecular weight is 374 g/mol. The molecule has 1 amide bonds. The lowest BCUT2D eigenvalue weighted by Crippen LogP contribution is -2.27. The van der Waals surface area contributed by atoms with Crippen LogP contribution in [0.3, 0.4) is 0 Å². The van der Waals surface area contributed by atoms with Gasteiger partial charge in [0.25, 0.3) is 5.91 Å². The highest BCUT2D eigenvalue weighted by atomic mass is 79.9. The lowest BCUT2D eigenvalue weighted by atomic mass is 10.1. The van der Waals surface area contributed by atoms with Crippen molar-refractivity contribution in [3.8, 4) is 0 Å². The zero-order valence-corrected chi connectivity index (χ0v) is 13.6. The van der Waals surface area contributed by atoms with Gasteiger partial charge in [0.1, 0.15) is 0 Å². The van der Waals surface area contributed by atoms with Crippen molar-refractivity contribution in [1.82, 2.24) is 0 Å². The van der Waals surface area contributed by atoms with E-state index in [1.807, 2.05) is 0 Å². The minimum atomic E-state index is -0.259. The quantitative estimate of drug-likeness (QED) is 0.781. The van der Waals surface area contributed by atoms with E-state index in [-0.39, 0.29) is 5.91 Å². The third-order valence-corrected chi connectivity index (χ3v) is 4.37. The van der Waals surface area contributed by atoms with Gasteiger partial charge in [-0.05, 0) is 46.3 Å². The predicted octanol–water partition coefficient (Wildman–Crippen LogP) is 4.61. The highest BCUT2D eigenvalue weighted by Gasteiger charge is 2.19. The molecular formula is C14H11BrCl2N2O. The summed E-state index contributed by atoms with van der Waals surface area (Å²) in [6, 6.07) is 10.1. The first-order chi connectivity index (χ1) is 9.41. The number of amides is 1. The summed E-state index contributed by atoms with van der Waals surface area (Å²) in [4.78, 5) is 13.9. The summed E-state index contributed by atoms with van der Waals surface area (Å²) in [7, 11) is 1.63. The van der Waals surface area contributed by atoms with Gasteiger partial charge in [-0.15, -0.1) is 0 Å². The van der Waals surface area contributed by atoms with Crippen LogP contribution < -0.4 is 10.6 Å². The molecule has 2 N–H and O–H groups in total. The number of carbonyl (C=O) groups is 1. The molecule has 0 saturated carbocycles. The van der Waals surface area contributed by atoms with Crippen LogP contribution >= 0.6 is 39.1 Å². The van der Waals surface area contributed by atoms with Crippen LogP contribution in [0.1, 0.15) is 10.4 Å². The molecule has 0 saturated heterocycles. The van der Waals surface area contributed by atoms with E-state index in [9.17, 15) is 4.79 Å². The number of hydrogen-bond donors (Lipinski definition) is 1. The van der Waals surface area contributed by atoms with Gasteiger partial charge in [0.05, 0.1) is 22.0 Å². The molecule has 0 aliphatic rings. The van der Waals surface area contributed by atoms with Gasteiger partial charge in [0.15, 0.2) is 0 Å². The van der Waals surface area contributed by atoms with Crippen molar-refractivity contribution in [3.63, 3.8) is 0 Å². The molecule has 0 bridgehead atoms. The number of anilines is 2. The van der Waals surface area contributed by atoms with Crippen LogP contribution in [0.25, 0.3) is 0 Å². The standard InChI is InChI=1S/C14H11BrCl2N2O/c1-19(12-7-8(16)5-6-11(12)18)14(20)9-3-2-4-10(15)13(9)17/h2-7H,18H2,1H3. The molecular weight excluding hydrogens is 363 g/mol. The summed E-state index contributed by atoms with van der Waals surface area (Å²) >= 11 is 15.4. The predicted molar refractivity (Wildman–Crippen MR) is 87.7 cm³/mol. The monoisotopic (exact) mass is 372 g/mol. The molecule has 0 aromatic heterocycles. The van der Waals surface area contributed by atoms with Gasteiger partial charge >= 0.3 is 0 Å². The largest absolute Gasteiger partial charge is 0.397 e. The van der Waals surface area contributed by atoms with Crippen LogP contribution in [0, 0.1) is 0 Å². The van der Waals surface area contributed by atoms with Crippen LogP contribution in [-0.4, -0.2) is 13.0 Å². The third-order valence-electron chi connectivity index (χ3n) is 2.84. The molecule has 0 fully saturated rings. The lowest BCUT2D eigenvalue weighted by molar-refractivity contribution is 0.0993. The van der Waals surface area contributed by atoms with Gasteiger partial charge < -0.3 is 10.6 Å². The maximum atomic E-state index is 12.5. The summed E-state index contributed by atoms with van der Waals surface area (Å²) < 4.78 is 0.664. The lowest BCUT2D eigenvalue weighted by Gasteiger charge is -2.20. The van der Waals surface area contributed by atoms with Gasteiger partial charge in [-0.3, -0.25) is 4.79 Å². The van der Waals surface area contributed by atoms with E-state index in [0.717, 1.165) is 0 Å². The molecule has 2 rings (SSSR count). The van der Waals surface area contributed by atoms with Crippen molar-refractivity contribution in [1.29, 1.82) is 0 Å². The van der Waals surface area contributed by atoms with E-state index in [2.05, 4.69) is 15.9 Å². The first kappa shape index (κ1) is 15.2. The number of nitrogen functional groups attached to an aromatic ring is 1. The Morgan fingerprint density at radius 2 is 1.95 bits per heavy atom. The summed E-state index contributed by atoms with van der Waals surface area (Å²) in [5.74, 6) is -0.259. The number of benzene rings is 2. The van der Waals surface area contributed by atoms with Crippen LogP contribution in [0.2, 0.25) is 10.0 Å². The van der Waals surface area contributed by atoms with Crippen molar-refractivity contribution < 1.29 is 4.79 Å². The van der Waals surface area contributed by atoms with Crippen molar-refractivity contribution in [2.45, 2.75) is 0 Å². The molecule has 0 spiro atoms. The van der Waals surface area contributed by atoms with E-state index < -0.39 is 0 Å². The highest BCUT2D eigenvalue weighted by molar-refractivity contribution is 9.10. The molecule has 0 unspecified atom stereocenters. The molecule has 2 aromatic rings. The van der Waals surface area contributed by atoms with Crippen LogP contribution in [0.5, 0.6) is 0 Å². The Labute approximate surface area is 135 Å². The zero-order chi connectivity index (χ0) is 14.9. The number of nitrogens with zero attached hydrogens (tertiary/aromatic N) is 1. The second-order valence-corrected chi connectivity index (χ2v) is 5.84. The van der Waals surface area contributed by atoms with E-state index in [1.165, 1.54) is 4.90 Å². The maximum absolute atomic E-state index is 12.5. The van der Waals surface area contributed by atoms with E-state index in [0.29, 0.717) is 31.5 Å². The second-order valence-electron chi connectivity index (χ2n) is 4.17. The fourth-order valence-electron chi connectivity index (χ4n) is 1.77. The minimum Gasteiger partial charge on any atom is -0.397 e. The number of carbonyl (C=O) groups excluding carboxylic acids is 1. The normalized spacial score (nSPS) is 10.4. The fourth-order valence-corrected chi connectivity index (χ4v) is 2.51. The van der Waals surface area contributed by atoms with Gasteiger partial charge in [-0.2, -0.15) is 0 Å². The minimum absolute atomic E-state index is 0.259. The van der Waals surface area contributed by atoms with Crippen LogP contribution in [0.4, 0.5) is 11.4 Å². The van der Waals surface area contributed by atoms with Gasteiger partial charge in [0, 0.05) is 16.5 Å². The Morgan fingerprint density at radius 3 is 2.65 bits per heavy atom. The molecule has 2 aromatic carbocycles. The van der Waals surface area contributed by atoms with Gasteiger partial charge in [-0.1, -0.05) is 29.3 Å². The fraction of sp³-hybridized carbons (Fsp3) is 0.0714. The molecule has 0 radical (unpaired) electrons. The molecule has 3 nitrogen and oxygen atoms in total. The van der Waals surface area contributed by atoms with E-state index in [1.54, 1.807) is 43.4 Å². The summed E-state index contributed by atoms with van der Waals surface area (Å²) in [5.41, 5.74) is 7.28. The van der Waals surface area contributed by atoms with Crippen molar-refractivity contribution >= 4 is 56.4 Å². The first-order valence-electron chi connectivity index (χ1n) is 5.69. The third kappa shape index (κ3) is 2.92. The number of nitrogens with two attached hydrogens (primary N) is 1. The molecule has 0 aliphatic carbocycles. The molecule has 0 heterocycles. The average Bonchev–Trinajstić information content (AvgIpc) is 2.43. The van der Waals surface area contributed by atoms with Crippen LogP contribution in [0.15, 0.2) is 40.9 Å². The summed E-state index contributed by atoms with van der Waals surface area (Å²) in [6.45, 7) is 0. The topological polar surface area (TPSA) is 46.3 Å². The molecule has 0 atom stereocenters. The molecule has 20 heavy (non-hydrogen) atoms. The summed E-state index contributed by atoms with van der Waals surface area (Å²) in [5, 5.41) is 0.874. The zero-order valence-electron chi connectivity index (χ0n) is 10.5.